The number of halogens is 2. The standard InChI is InChI=1S/C21H16Cl2N2O3/c22-15-8-5-9-16(23)20(15)25-17-10-3-1-6-13(17)12-19(26)24-18-11-4-2-7-14(18)21(27)28/h1-11,25H,12H2,(H,24,26)(H,27,28). The Morgan fingerprint density at radius 1 is 0.821 bits per heavy atom. The average molecular weight is 415 g/mol. The Balaban J connectivity index is 1.80. The Bertz CT molecular complexity index is 1020. The molecule has 142 valence electrons. The molecule has 7 heteroatoms. The number of carboxylic acids is 1. The summed E-state index contributed by atoms with van der Waals surface area (Å²) in [5, 5.41) is 16.0. The van der Waals surface area contributed by atoms with Crippen molar-refractivity contribution in [1.29, 1.82) is 0 Å². The lowest BCUT2D eigenvalue weighted by Crippen LogP contribution is -2.17. The van der Waals surface area contributed by atoms with Crippen LogP contribution >= 0.6 is 23.2 Å². The van der Waals surface area contributed by atoms with Gasteiger partial charge in [0, 0.05) is 5.69 Å². The van der Waals surface area contributed by atoms with E-state index >= 15 is 0 Å². The number of nitrogens with one attached hydrogen (secondary N) is 2. The van der Waals surface area contributed by atoms with E-state index < -0.39 is 5.97 Å². The summed E-state index contributed by atoms with van der Waals surface area (Å²) in [4.78, 5) is 23.8. The third-order valence-corrected chi connectivity index (χ3v) is 4.65. The lowest BCUT2D eigenvalue weighted by atomic mass is 10.1. The van der Waals surface area contributed by atoms with Crippen LogP contribution in [0.25, 0.3) is 0 Å². The molecule has 3 aromatic carbocycles. The summed E-state index contributed by atoms with van der Waals surface area (Å²) < 4.78 is 0. The zero-order chi connectivity index (χ0) is 20.1. The van der Waals surface area contributed by atoms with Crippen molar-refractivity contribution in [1.82, 2.24) is 0 Å². The first kappa shape index (κ1) is 19.7. The summed E-state index contributed by atoms with van der Waals surface area (Å²) in [6.45, 7) is 0. The van der Waals surface area contributed by atoms with Crippen molar-refractivity contribution >= 4 is 52.1 Å². The summed E-state index contributed by atoms with van der Waals surface area (Å²) in [5.41, 5.74) is 2.22. The molecule has 0 saturated carbocycles. The number of aromatic carboxylic acids is 1. The van der Waals surface area contributed by atoms with Gasteiger partial charge in [-0.25, -0.2) is 4.79 Å². The highest BCUT2D eigenvalue weighted by molar-refractivity contribution is 6.39. The van der Waals surface area contributed by atoms with E-state index in [-0.39, 0.29) is 23.6 Å². The summed E-state index contributed by atoms with van der Waals surface area (Å²) in [6, 6.07) is 18.7. The van der Waals surface area contributed by atoms with E-state index in [1.807, 2.05) is 18.2 Å². The lowest BCUT2D eigenvalue weighted by molar-refractivity contribution is -0.115. The van der Waals surface area contributed by atoms with E-state index in [4.69, 9.17) is 23.2 Å². The van der Waals surface area contributed by atoms with Crippen molar-refractivity contribution < 1.29 is 14.7 Å². The third kappa shape index (κ3) is 4.63. The number of benzene rings is 3. The normalized spacial score (nSPS) is 10.4. The second-order valence-electron chi connectivity index (χ2n) is 5.95. The smallest absolute Gasteiger partial charge is 0.337 e. The topological polar surface area (TPSA) is 78.4 Å². The van der Waals surface area contributed by atoms with Crippen LogP contribution in [0.2, 0.25) is 10.0 Å². The highest BCUT2D eigenvalue weighted by atomic mass is 35.5. The van der Waals surface area contributed by atoms with Crippen LogP contribution in [0.3, 0.4) is 0 Å². The molecule has 28 heavy (non-hydrogen) atoms. The van der Waals surface area contributed by atoms with Gasteiger partial charge in [-0.2, -0.15) is 0 Å². The van der Waals surface area contributed by atoms with Crippen LogP contribution in [-0.2, 0) is 11.2 Å². The van der Waals surface area contributed by atoms with Crippen molar-refractivity contribution in [3.63, 3.8) is 0 Å². The minimum atomic E-state index is -1.11. The minimum Gasteiger partial charge on any atom is -0.478 e. The molecule has 0 aromatic heterocycles. The van der Waals surface area contributed by atoms with Gasteiger partial charge in [0.1, 0.15) is 0 Å². The third-order valence-electron chi connectivity index (χ3n) is 4.02. The van der Waals surface area contributed by atoms with Crippen LogP contribution in [0.4, 0.5) is 17.1 Å². The molecule has 0 spiro atoms. The van der Waals surface area contributed by atoms with Crippen LogP contribution in [-0.4, -0.2) is 17.0 Å². The average Bonchev–Trinajstić information content (AvgIpc) is 2.66. The molecule has 0 atom stereocenters. The van der Waals surface area contributed by atoms with Crippen LogP contribution in [0.5, 0.6) is 0 Å². The Hall–Kier alpha value is -3.02. The van der Waals surface area contributed by atoms with Gasteiger partial charge in [-0.15, -0.1) is 0 Å². The molecular weight excluding hydrogens is 399 g/mol. The highest BCUT2D eigenvalue weighted by Crippen LogP contribution is 2.33. The van der Waals surface area contributed by atoms with Crippen LogP contribution in [0, 0.1) is 0 Å². The number of anilines is 3. The monoisotopic (exact) mass is 414 g/mol. The molecule has 0 saturated heterocycles. The Labute approximate surface area is 171 Å². The van der Waals surface area contributed by atoms with Gasteiger partial charge >= 0.3 is 5.97 Å². The lowest BCUT2D eigenvalue weighted by Gasteiger charge is -2.15. The Kier molecular flexibility index (Phi) is 6.19. The quantitative estimate of drug-likeness (QED) is 0.489. The fraction of sp³-hybridized carbons (Fsp3) is 0.0476. The number of para-hydroxylation sites is 3. The van der Waals surface area contributed by atoms with Crippen LogP contribution < -0.4 is 10.6 Å². The minimum absolute atomic E-state index is 0.0325. The highest BCUT2D eigenvalue weighted by Gasteiger charge is 2.14. The second-order valence-corrected chi connectivity index (χ2v) is 6.77. The molecule has 0 aliphatic heterocycles. The molecule has 5 nitrogen and oxygen atoms in total. The maximum absolute atomic E-state index is 12.5. The fourth-order valence-corrected chi connectivity index (χ4v) is 3.19. The molecule has 3 rings (SSSR count). The molecule has 3 N–H and O–H groups in total. The number of carboxylic acid groups (broad SMARTS) is 1. The summed E-state index contributed by atoms with van der Waals surface area (Å²) >= 11 is 12.4. The van der Waals surface area contributed by atoms with E-state index in [9.17, 15) is 14.7 Å². The van der Waals surface area contributed by atoms with E-state index in [0.717, 1.165) is 0 Å². The fourth-order valence-electron chi connectivity index (χ4n) is 2.69. The summed E-state index contributed by atoms with van der Waals surface area (Å²) in [6.07, 6.45) is 0.0409. The number of hydrogen-bond donors (Lipinski definition) is 3. The molecule has 0 unspecified atom stereocenters. The first-order valence-electron chi connectivity index (χ1n) is 8.37. The van der Waals surface area contributed by atoms with Crippen molar-refractivity contribution in [3.05, 3.63) is 87.9 Å². The van der Waals surface area contributed by atoms with Gasteiger partial charge in [0.2, 0.25) is 5.91 Å². The molecule has 3 aromatic rings. The van der Waals surface area contributed by atoms with Gasteiger partial charge in [0.05, 0.1) is 33.4 Å². The zero-order valence-corrected chi connectivity index (χ0v) is 16.1. The number of hydrogen-bond acceptors (Lipinski definition) is 3. The van der Waals surface area contributed by atoms with Gasteiger partial charge in [-0.1, -0.05) is 59.6 Å². The predicted octanol–water partition coefficient (Wildman–Crippen LogP) is 5.62. The van der Waals surface area contributed by atoms with Crippen molar-refractivity contribution in [2.24, 2.45) is 0 Å². The molecule has 0 aliphatic carbocycles. The number of amides is 1. The van der Waals surface area contributed by atoms with Crippen LogP contribution in [0.15, 0.2) is 66.7 Å². The van der Waals surface area contributed by atoms with E-state index in [0.29, 0.717) is 27.0 Å². The number of rotatable bonds is 6. The maximum atomic E-state index is 12.5. The molecule has 1 amide bonds. The van der Waals surface area contributed by atoms with Gasteiger partial charge in [0.15, 0.2) is 0 Å². The maximum Gasteiger partial charge on any atom is 0.337 e. The summed E-state index contributed by atoms with van der Waals surface area (Å²) in [5.74, 6) is -1.44. The van der Waals surface area contributed by atoms with Crippen molar-refractivity contribution in [2.75, 3.05) is 10.6 Å². The number of carbonyl (C=O) groups is 2. The van der Waals surface area contributed by atoms with E-state index in [2.05, 4.69) is 10.6 Å². The molecule has 0 heterocycles. The van der Waals surface area contributed by atoms with Crippen molar-refractivity contribution in [2.45, 2.75) is 6.42 Å². The van der Waals surface area contributed by atoms with Gasteiger partial charge < -0.3 is 15.7 Å². The largest absolute Gasteiger partial charge is 0.478 e. The van der Waals surface area contributed by atoms with E-state index in [1.54, 1.807) is 42.5 Å². The van der Waals surface area contributed by atoms with Gasteiger partial charge in [-0.05, 0) is 35.9 Å². The molecule has 0 fully saturated rings. The predicted molar refractivity (Wildman–Crippen MR) is 112 cm³/mol. The molecular formula is C21H16Cl2N2O3. The second kappa shape index (κ2) is 8.78. The van der Waals surface area contributed by atoms with Gasteiger partial charge in [0.25, 0.3) is 0 Å². The molecule has 0 radical (unpaired) electrons. The zero-order valence-electron chi connectivity index (χ0n) is 14.6. The first-order valence-corrected chi connectivity index (χ1v) is 9.12. The van der Waals surface area contributed by atoms with Gasteiger partial charge in [-0.3, -0.25) is 4.79 Å². The molecule has 0 bridgehead atoms. The van der Waals surface area contributed by atoms with Crippen molar-refractivity contribution in [3.8, 4) is 0 Å². The number of carbonyl (C=O) groups excluding carboxylic acids is 1. The SMILES string of the molecule is O=C(Cc1ccccc1Nc1c(Cl)cccc1Cl)Nc1ccccc1C(=O)O. The Morgan fingerprint density at radius 2 is 1.43 bits per heavy atom. The first-order chi connectivity index (χ1) is 13.5. The van der Waals surface area contributed by atoms with E-state index in [1.165, 1.54) is 6.07 Å². The Morgan fingerprint density at radius 3 is 2.11 bits per heavy atom. The molecule has 0 aliphatic rings. The summed E-state index contributed by atoms with van der Waals surface area (Å²) in [7, 11) is 0. The van der Waals surface area contributed by atoms with Crippen LogP contribution in [0.1, 0.15) is 15.9 Å².